The third kappa shape index (κ3) is 7.78. The van der Waals surface area contributed by atoms with Crippen molar-refractivity contribution in [3.05, 3.63) is 231 Å². The van der Waals surface area contributed by atoms with Gasteiger partial charge in [-0.1, -0.05) is 218 Å². The fourth-order valence-electron chi connectivity index (χ4n) is 7.51. The summed E-state index contributed by atoms with van der Waals surface area (Å²) in [6.45, 7) is 0. The van der Waals surface area contributed by atoms with Gasteiger partial charge in [0, 0.05) is 33.4 Å². The number of benzene rings is 8. The second kappa shape index (κ2) is 16.4. The summed E-state index contributed by atoms with van der Waals surface area (Å²) in [5.41, 5.74) is 16.5. The highest BCUT2D eigenvalue weighted by Gasteiger charge is 2.14. The molecule has 2 aromatic heterocycles. The summed E-state index contributed by atoms with van der Waals surface area (Å²) < 4.78 is 0. The van der Waals surface area contributed by atoms with E-state index < -0.39 is 0 Å². The molecule has 0 radical (unpaired) electrons. The van der Waals surface area contributed by atoms with Crippen LogP contribution in [-0.4, -0.2) is 19.9 Å². The van der Waals surface area contributed by atoms with Crippen LogP contribution in [0.3, 0.4) is 0 Å². The van der Waals surface area contributed by atoms with Gasteiger partial charge in [-0.15, -0.1) is 0 Å². The minimum absolute atomic E-state index is 0.697. The van der Waals surface area contributed by atoms with Gasteiger partial charge in [-0.25, -0.2) is 19.9 Å². The Morgan fingerprint density at radius 1 is 0.167 bits per heavy atom. The van der Waals surface area contributed by atoms with Crippen molar-refractivity contribution in [1.29, 1.82) is 0 Å². The molecule has 10 aromatic rings. The van der Waals surface area contributed by atoms with Gasteiger partial charge < -0.3 is 0 Å². The summed E-state index contributed by atoms with van der Waals surface area (Å²) in [5.74, 6) is 1.39. The minimum Gasteiger partial charge on any atom is -0.228 e. The molecular weight excluding hydrogens is 729 g/mol. The molecule has 0 saturated carbocycles. The minimum atomic E-state index is 0.697. The molecule has 282 valence electrons. The molecule has 4 heteroatoms. The number of aromatic nitrogens is 4. The van der Waals surface area contributed by atoms with Gasteiger partial charge in [-0.05, 0) is 45.5 Å². The average Bonchev–Trinajstić information content (AvgIpc) is 3.35. The van der Waals surface area contributed by atoms with E-state index in [1.165, 1.54) is 22.3 Å². The van der Waals surface area contributed by atoms with Gasteiger partial charge >= 0.3 is 0 Å². The first kappa shape index (κ1) is 36.3. The third-order valence-electron chi connectivity index (χ3n) is 10.8. The fraction of sp³-hybridized carbons (Fsp3) is 0. The smallest absolute Gasteiger partial charge is 0.160 e. The lowest BCUT2D eigenvalue weighted by atomic mass is 9.99. The summed E-state index contributed by atoms with van der Waals surface area (Å²) in [5, 5.41) is 0. The molecular formula is C56H38N4. The molecule has 0 fully saturated rings. The van der Waals surface area contributed by atoms with Crippen LogP contribution in [0.15, 0.2) is 231 Å². The highest BCUT2D eigenvalue weighted by Crippen LogP contribution is 2.33. The van der Waals surface area contributed by atoms with Crippen molar-refractivity contribution < 1.29 is 0 Å². The van der Waals surface area contributed by atoms with Crippen LogP contribution in [-0.2, 0) is 0 Å². The van der Waals surface area contributed by atoms with E-state index in [1.54, 1.807) is 0 Å². The van der Waals surface area contributed by atoms with E-state index in [1.807, 2.05) is 48.5 Å². The standard InChI is InChI=1S/C56H38N4/c1-5-13-39(14-6-1)41-21-29-45(30-22-41)51-37-53(59-55(57-51)49-17-9-3-10-18-49)47-33-25-43(26-34-47)44-27-35-48(36-28-44)54-38-52(58-56(60-54)50-19-11-4-12-20-50)46-31-23-42(24-32-46)40-15-7-2-8-16-40/h1-38H. The Bertz CT molecular complexity index is 2790. The van der Waals surface area contributed by atoms with Gasteiger partial charge in [-0.3, -0.25) is 0 Å². The molecule has 0 aliphatic rings. The molecule has 0 bridgehead atoms. The van der Waals surface area contributed by atoms with Gasteiger partial charge in [0.05, 0.1) is 22.8 Å². The number of hydrogen-bond donors (Lipinski definition) is 0. The van der Waals surface area contributed by atoms with Crippen molar-refractivity contribution in [2.24, 2.45) is 0 Å². The van der Waals surface area contributed by atoms with Crippen LogP contribution in [0.4, 0.5) is 0 Å². The van der Waals surface area contributed by atoms with Crippen LogP contribution in [0, 0.1) is 0 Å². The summed E-state index contributed by atoms with van der Waals surface area (Å²) >= 11 is 0. The van der Waals surface area contributed by atoms with E-state index in [0.717, 1.165) is 67.3 Å². The zero-order valence-electron chi connectivity index (χ0n) is 32.7. The first-order chi connectivity index (χ1) is 29.7. The van der Waals surface area contributed by atoms with Crippen LogP contribution in [0.2, 0.25) is 0 Å². The van der Waals surface area contributed by atoms with Crippen molar-refractivity contribution in [2.75, 3.05) is 0 Å². The molecule has 8 aromatic carbocycles. The molecule has 0 saturated heterocycles. The maximum absolute atomic E-state index is 5.06. The SMILES string of the molecule is c1ccc(-c2ccc(-c3cc(-c4ccc(-c5ccc(-c6cc(-c7ccc(-c8ccccc8)cc7)nc(-c7ccccc7)n6)cc5)cc4)nc(-c4ccccc4)n3)cc2)cc1. The Kier molecular flexibility index (Phi) is 9.92. The maximum atomic E-state index is 5.06. The van der Waals surface area contributed by atoms with Crippen molar-refractivity contribution in [2.45, 2.75) is 0 Å². The topological polar surface area (TPSA) is 51.6 Å². The predicted molar refractivity (Wildman–Crippen MR) is 247 cm³/mol. The maximum Gasteiger partial charge on any atom is 0.160 e. The Morgan fingerprint density at radius 3 is 0.583 bits per heavy atom. The highest BCUT2D eigenvalue weighted by molar-refractivity contribution is 5.78. The zero-order valence-corrected chi connectivity index (χ0v) is 32.7. The first-order valence-corrected chi connectivity index (χ1v) is 20.1. The van der Waals surface area contributed by atoms with Crippen molar-refractivity contribution in [3.8, 4) is 101 Å². The average molecular weight is 767 g/mol. The van der Waals surface area contributed by atoms with Gasteiger partial charge in [0.15, 0.2) is 11.6 Å². The second-order valence-corrected chi connectivity index (χ2v) is 14.7. The molecule has 0 aliphatic heterocycles. The van der Waals surface area contributed by atoms with E-state index in [-0.39, 0.29) is 0 Å². The van der Waals surface area contributed by atoms with E-state index >= 15 is 0 Å². The molecule has 0 spiro atoms. The Balaban J connectivity index is 0.945. The zero-order chi connectivity index (χ0) is 40.1. The molecule has 0 unspecified atom stereocenters. The van der Waals surface area contributed by atoms with Gasteiger partial charge in [0.1, 0.15) is 0 Å². The predicted octanol–water partition coefficient (Wildman–Crippen LogP) is 14.3. The van der Waals surface area contributed by atoms with Crippen molar-refractivity contribution in [3.63, 3.8) is 0 Å². The molecule has 60 heavy (non-hydrogen) atoms. The van der Waals surface area contributed by atoms with Crippen LogP contribution in [0.25, 0.3) is 101 Å². The van der Waals surface area contributed by atoms with Crippen molar-refractivity contribution in [1.82, 2.24) is 19.9 Å². The molecule has 0 atom stereocenters. The number of hydrogen-bond acceptors (Lipinski definition) is 4. The third-order valence-corrected chi connectivity index (χ3v) is 10.8. The first-order valence-electron chi connectivity index (χ1n) is 20.1. The quantitative estimate of drug-likeness (QED) is 0.147. The van der Waals surface area contributed by atoms with Crippen LogP contribution in [0.1, 0.15) is 0 Å². The van der Waals surface area contributed by atoms with Crippen LogP contribution < -0.4 is 0 Å². The second-order valence-electron chi connectivity index (χ2n) is 14.7. The van der Waals surface area contributed by atoms with Gasteiger partial charge in [-0.2, -0.15) is 0 Å². The summed E-state index contributed by atoms with van der Waals surface area (Å²) in [4.78, 5) is 20.2. The van der Waals surface area contributed by atoms with E-state index in [2.05, 4.69) is 182 Å². The largest absolute Gasteiger partial charge is 0.228 e. The molecule has 10 rings (SSSR count). The van der Waals surface area contributed by atoms with Gasteiger partial charge in [0.25, 0.3) is 0 Å². The molecule has 4 nitrogen and oxygen atoms in total. The van der Waals surface area contributed by atoms with Crippen molar-refractivity contribution >= 4 is 0 Å². The lowest BCUT2D eigenvalue weighted by Gasteiger charge is -2.11. The Labute approximate surface area is 350 Å². The van der Waals surface area contributed by atoms with Crippen LogP contribution in [0.5, 0.6) is 0 Å². The highest BCUT2D eigenvalue weighted by atomic mass is 14.9. The molecule has 0 amide bonds. The van der Waals surface area contributed by atoms with Crippen LogP contribution >= 0.6 is 0 Å². The van der Waals surface area contributed by atoms with E-state index in [9.17, 15) is 0 Å². The number of rotatable bonds is 9. The lowest BCUT2D eigenvalue weighted by Crippen LogP contribution is -1.96. The Morgan fingerprint density at radius 2 is 0.350 bits per heavy atom. The lowest BCUT2D eigenvalue weighted by molar-refractivity contribution is 1.18. The summed E-state index contributed by atoms with van der Waals surface area (Å²) in [6.07, 6.45) is 0. The normalized spacial score (nSPS) is 11.0. The molecule has 0 aliphatic carbocycles. The Hall–Kier alpha value is -8.08. The summed E-state index contributed by atoms with van der Waals surface area (Å²) in [6, 6.07) is 79.9. The number of nitrogens with zero attached hydrogens (tertiary/aromatic N) is 4. The molecule has 2 heterocycles. The van der Waals surface area contributed by atoms with E-state index in [4.69, 9.17) is 19.9 Å². The van der Waals surface area contributed by atoms with Gasteiger partial charge in [0.2, 0.25) is 0 Å². The fourth-order valence-corrected chi connectivity index (χ4v) is 7.51. The monoisotopic (exact) mass is 766 g/mol. The summed E-state index contributed by atoms with van der Waals surface area (Å²) in [7, 11) is 0. The van der Waals surface area contributed by atoms with E-state index in [0.29, 0.717) is 11.6 Å². The molecule has 0 N–H and O–H groups in total.